The zero-order valence-electron chi connectivity index (χ0n) is 22.9. The summed E-state index contributed by atoms with van der Waals surface area (Å²) in [5, 5.41) is 10.4. The molecule has 0 bridgehead atoms. The van der Waals surface area contributed by atoms with Crippen molar-refractivity contribution in [2.75, 3.05) is 13.1 Å². The van der Waals surface area contributed by atoms with E-state index in [-0.39, 0.29) is 43.7 Å². The van der Waals surface area contributed by atoms with Crippen LogP contribution in [0.4, 0.5) is 0 Å². The fourth-order valence-corrected chi connectivity index (χ4v) is 4.34. The van der Waals surface area contributed by atoms with Gasteiger partial charge in [0.05, 0.1) is 0 Å². The molecule has 2 rings (SSSR count). The van der Waals surface area contributed by atoms with Gasteiger partial charge in [-0.2, -0.15) is 0 Å². The van der Waals surface area contributed by atoms with Crippen LogP contribution in [0.5, 0.6) is 0 Å². The molecule has 1 unspecified atom stereocenters. The lowest BCUT2D eigenvalue weighted by molar-refractivity contribution is -0.161. The third-order valence-electron chi connectivity index (χ3n) is 6.30. The van der Waals surface area contributed by atoms with Gasteiger partial charge in [0.25, 0.3) is 11.8 Å². The summed E-state index contributed by atoms with van der Waals surface area (Å²) in [5.41, 5.74) is -0.738. The van der Waals surface area contributed by atoms with E-state index < -0.39 is 47.4 Å². The van der Waals surface area contributed by atoms with Crippen LogP contribution in [-0.2, 0) is 38.3 Å². The molecule has 2 aliphatic rings. The fraction of sp³-hybridized carbons (Fsp3) is 0.654. The molecule has 39 heavy (non-hydrogen) atoms. The minimum absolute atomic E-state index is 0.152. The molecule has 0 aromatic carbocycles. The second-order valence-electron chi connectivity index (χ2n) is 10.7. The predicted octanol–water partition coefficient (Wildman–Crippen LogP) is -0.556. The Morgan fingerprint density at radius 2 is 1.79 bits per heavy atom. The highest BCUT2D eigenvalue weighted by atomic mass is 16.6. The number of esters is 1. The summed E-state index contributed by atoms with van der Waals surface area (Å²) in [6.07, 6.45) is 5.35. The summed E-state index contributed by atoms with van der Waals surface area (Å²) in [4.78, 5) is 85.5. The summed E-state index contributed by atoms with van der Waals surface area (Å²) >= 11 is 0. The van der Waals surface area contributed by atoms with Crippen molar-refractivity contribution in [1.29, 1.82) is 0 Å². The largest absolute Gasteiger partial charge is 0.458 e. The topological polar surface area (TPSA) is 180 Å². The number of carbonyl (C=O) groups is 7. The van der Waals surface area contributed by atoms with Crippen LogP contribution in [0.1, 0.15) is 66.2 Å². The molecule has 0 aromatic heterocycles. The Kier molecular flexibility index (Phi) is 11.6. The zero-order chi connectivity index (χ0) is 29.2. The summed E-state index contributed by atoms with van der Waals surface area (Å²) in [6.45, 7) is 7.19. The van der Waals surface area contributed by atoms with Gasteiger partial charge in [0, 0.05) is 31.7 Å². The SMILES string of the molecule is C[C@H](NC(=O)CCCCCN1C(=O)C=CC1=O)C(=O)N[C@@H]1C(=O)N[C@H](C(=O)OC(C)(C)C)CC1CCNC=O. The monoisotopic (exact) mass is 549 g/mol. The van der Waals surface area contributed by atoms with E-state index in [2.05, 4.69) is 21.3 Å². The molecule has 13 nitrogen and oxygen atoms in total. The number of piperidine rings is 1. The van der Waals surface area contributed by atoms with Crippen molar-refractivity contribution in [2.24, 2.45) is 5.92 Å². The van der Waals surface area contributed by atoms with E-state index in [0.717, 1.165) is 4.90 Å². The number of nitrogens with zero attached hydrogens (tertiary/aromatic N) is 1. The number of rotatable bonds is 14. The Hall–Kier alpha value is -3.77. The first kappa shape index (κ1) is 31.4. The van der Waals surface area contributed by atoms with Crippen LogP contribution in [0, 0.1) is 5.92 Å². The maximum Gasteiger partial charge on any atom is 0.329 e. The Morgan fingerprint density at radius 3 is 2.41 bits per heavy atom. The Morgan fingerprint density at radius 1 is 1.13 bits per heavy atom. The van der Waals surface area contributed by atoms with Gasteiger partial charge < -0.3 is 26.0 Å². The zero-order valence-corrected chi connectivity index (χ0v) is 22.9. The average Bonchev–Trinajstić information content (AvgIpc) is 3.16. The minimum Gasteiger partial charge on any atom is -0.458 e. The highest BCUT2D eigenvalue weighted by molar-refractivity contribution is 6.12. The third kappa shape index (κ3) is 10.1. The number of carbonyl (C=O) groups excluding carboxylic acids is 7. The van der Waals surface area contributed by atoms with Crippen molar-refractivity contribution in [3.05, 3.63) is 12.2 Å². The number of nitrogens with one attached hydrogen (secondary N) is 4. The van der Waals surface area contributed by atoms with E-state index in [1.807, 2.05) is 0 Å². The van der Waals surface area contributed by atoms with Gasteiger partial charge >= 0.3 is 5.97 Å². The average molecular weight is 550 g/mol. The normalized spacial score (nSPS) is 21.7. The van der Waals surface area contributed by atoms with Crippen LogP contribution in [0.25, 0.3) is 0 Å². The second-order valence-corrected chi connectivity index (χ2v) is 10.7. The molecular weight excluding hydrogens is 510 g/mol. The predicted molar refractivity (Wildman–Crippen MR) is 138 cm³/mol. The molecule has 4 atom stereocenters. The second kappa shape index (κ2) is 14.4. The first-order chi connectivity index (χ1) is 18.3. The molecule has 0 radical (unpaired) electrons. The number of unbranched alkanes of at least 4 members (excludes halogenated alkanes) is 2. The van der Waals surface area contributed by atoms with Crippen molar-refractivity contribution >= 4 is 41.9 Å². The lowest BCUT2D eigenvalue weighted by Crippen LogP contribution is -2.62. The maximum atomic E-state index is 12.9. The third-order valence-corrected chi connectivity index (χ3v) is 6.30. The number of hydrogen-bond acceptors (Lipinski definition) is 8. The van der Waals surface area contributed by atoms with Gasteiger partial charge in [0.15, 0.2) is 0 Å². The molecule has 6 amide bonds. The van der Waals surface area contributed by atoms with Crippen LogP contribution in [-0.4, -0.2) is 83.6 Å². The van der Waals surface area contributed by atoms with E-state index in [0.29, 0.717) is 32.1 Å². The highest BCUT2D eigenvalue weighted by Gasteiger charge is 2.41. The van der Waals surface area contributed by atoms with Crippen molar-refractivity contribution in [3.63, 3.8) is 0 Å². The van der Waals surface area contributed by atoms with Crippen LogP contribution in [0.15, 0.2) is 12.2 Å². The van der Waals surface area contributed by atoms with Gasteiger partial charge in [0.2, 0.25) is 24.1 Å². The van der Waals surface area contributed by atoms with E-state index in [9.17, 15) is 33.6 Å². The van der Waals surface area contributed by atoms with Crippen LogP contribution in [0.3, 0.4) is 0 Å². The van der Waals surface area contributed by atoms with Gasteiger partial charge in [0.1, 0.15) is 23.7 Å². The highest BCUT2D eigenvalue weighted by Crippen LogP contribution is 2.23. The molecule has 0 saturated carbocycles. The number of imide groups is 1. The summed E-state index contributed by atoms with van der Waals surface area (Å²) in [5.74, 6) is -3.18. The van der Waals surface area contributed by atoms with Crippen molar-refractivity contribution in [3.8, 4) is 0 Å². The maximum absolute atomic E-state index is 12.9. The van der Waals surface area contributed by atoms with E-state index in [1.54, 1.807) is 20.8 Å². The van der Waals surface area contributed by atoms with Crippen LogP contribution in [0.2, 0.25) is 0 Å². The lowest BCUT2D eigenvalue weighted by Gasteiger charge is -2.36. The fourth-order valence-electron chi connectivity index (χ4n) is 4.34. The lowest BCUT2D eigenvalue weighted by atomic mass is 9.84. The first-order valence-corrected chi connectivity index (χ1v) is 13.2. The molecule has 4 N–H and O–H groups in total. The summed E-state index contributed by atoms with van der Waals surface area (Å²) < 4.78 is 5.39. The molecule has 13 heteroatoms. The number of ether oxygens (including phenoxy) is 1. The molecular formula is C26H39N5O8. The molecule has 2 heterocycles. The molecule has 216 valence electrons. The van der Waals surface area contributed by atoms with Gasteiger partial charge in [-0.1, -0.05) is 6.42 Å². The molecule has 0 spiro atoms. The van der Waals surface area contributed by atoms with Crippen molar-refractivity contribution in [1.82, 2.24) is 26.2 Å². The number of hydrogen-bond donors (Lipinski definition) is 4. The van der Waals surface area contributed by atoms with Gasteiger partial charge in [-0.05, 0) is 59.3 Å². The Balaban J connectivity index is 1.83. The van der Waals surface area contributed by atoms with E-state index >= 15 is 0 Å². The Labute approximate surface area is 227 Å². The molecule has 0 aromatic rings. The van der Waals surface area contributed by atoms with Crippen molar-refractivity contribution < 1.29 is 38.3 Å². The quantitative estimate of drug-likeness (QED) is 0.0963. The molecule has 1 fully saturated rings. The van der Waals surface area contributed by atoms with Gasteiger partial charge in [-0.3, -0.25) is 33.7 Å². The van der Waals surface area contributed by atoms with E-state index in [4.69, 9.17) is 4.74 Å². The van der Waals surface area contributed by atoms with Crippen LogP contribution < -0.4 is 21.3 Å². The minimum atomic E-state index is -0.963. The molecule has 2 aliphatic heterocycles. The Bertz CT molecular complexity index is 971. The molecule has 1 saturated heterocycles. The van der Waals surface area contributed by atoms with Gasteiger partial charge in [-0.15, -0.1) is 0 Å². The summed E-state index contributed by atoms with van der Waals surface area (Å²) in [7, 11) is 0. The number of amides is 6. The first-order valence-electron chi connectivity index (χ1n) is 13.2. The standard InChI is InChI=1S/C26H39N5O8/c1-16(28-19(33)8-6-5-7-13-31-20(34)9-10-21(31)35)23(36)30-22-17(11-12-27-15-32)14-18(29-24(22)37)25(38)39-26(2,3)4/h9-10,15-18,22H,5-8,11-14H2,1-4H3,(H,27,32)(H,28,33)(H,29,37)(H,30,36)/t16-,17?,18-,22-/m0/s1. The summed E-state index contributed by atoms with van der Waals surface area (Å²) in [6, 6.07) is -2.77. The van der Waals surface area contributed by atoms with Crippen LogP contribution >= 0.6 is 0 Å². The molecule has 0 aliphatic carbocycles. The van der Waals surface area contributed by atoms with E-state index in [1.165, 1.54) is 19.1 Å². The smallest absolute Gasteiger partial charge is 0.329 e. The van der Waals surface area contributed by atoms with Crippen molar-refractivity contribution in [2.45, 2.75) is 89.9 Å². The van der Waals surface area contributed by atoms with Gasteiger partial charge in [-0.25, -0.2) is 4.79 Å².